The van der Waals surface area contributed by atoms with E-state index in [1.54, 1.807) is 80.8 Å². The van der Waals surface area contributed by atoms with Crippen molar-refractivity contribution < 1.29 is 67.4 Å². The van der Waals surface area contributed by atoms with Crippen molar-refractivity contribution in [1.29, 1.82) is 0 Å². The number of carbonyl (C=O) groups excluding carboxylic acids is 12. The Morgan fingerprint density at radius 1 is 0.558 bits per heavy atom. The molecule has 2 fully saturated rings. The predicted molar refractivity (Wildman–Crippen MR) is 354 cm³/mol. The Morgan fingerprint density at radius 3 is 1.53 bits per heavy atom. The maximum Gasteiger partial charge on any atom is 0.326 e. The molecule has 10 atom stereocenters. The van der Waals surface area contributed by atoms with Crippen LogP contribution in [0.3, 0.4) is 0 Å². The fraction of sp³-hybridized carbons (Fsp3) is 0.587. The lowest BCUT2D eigenvalue weighted by molar-refractivity contribution is -0.144. The van der Waals surface area contributed by atoms with Crippen molar-refractivity contribution in [3.05, 3.63) is 71.8 Å². The van der Waals surface area contributed by atoms with Crippen LogP contribution in [0.1, 0.15) is 121 Å². The number of unbranched alkanes of at least 4 members (excludes halogenated alkanes) is 1. The van der Waals surface area contributed by atoms with Crippen molar-refractivity contribution in [2.24, 2.45) is 45.3 Å². The van der Waals surface area contributed by atoms with Gasteiger partial charge in [-0.1, -0.05) is 74.5 Å². The van der Waals surface area contributed by atoms with E-state index >= 15 is 0 Å². The summed E-state index contributed by atoms with van der Waals surface area (Å²) >= 11 is 1.40. The van der Waals surface area contributed by atoms with Gasteiger partial charge < -0.3 is 91.8 Å². The van der Waals surface area contributed by atoms with Gasteiger partial charge in [0.2, 0.25) is 70.9 Å². The molecule has 2 saturated heterocycles. The van der Waals surface area contributed by atoms with E-state index in [0.717, 1.165) is 0 Å². The number of nitrogens with two attached hydrogens (primary N) is 6. The Bertz CT molecular complexity index is 2960. The van der Waals surface area contributed by atoms with Gasteiger partial charge in [-0.15, -0.1) is 0 Å². The molecule has 95 heavy (non-hydrogen) atoms. The number of carboxylic acid groups (broad SMARTS) is 1. The molecule has 0 bridgehead atoms. The summed E-state index contributed by atoms with van der Waals surface area (Å²) in [5.41, 5.74) is 35.0. The summed E-state index contributed by atoms with van der Waals surface area (Å²) < 4.78 is 0. The molecule has 0 aromatic heterocycles. The minimum atomic E-state index is -1.65. The molecule has 32 heteroatoms. The van der Waals surface area contributed by atoms with Crippen LogP contribution in [0, 0.1) is 5.92 Å². The molecule has 0 radical (unpaired) electrons. The molecule has 2 aromatic rings. The quantitative estimate of drug-likeness (QED) is 0.0178. The number of aliphatic carboxylic acids is 1. The number of primary amides is 2. The van der Waals surface area contributed by atoms with Crippen LogP contribution in [-0.4, -0.2) is 203 Å². The molecule has 2 heterocycles. The minimum Gasteiger partial charge on any atom is -0.480 e. The molecule has 524 valence electrons. The van der Waals surface area contributed by atoms with Gasteiger partial charge in [0.05, 0.1) is 12.6 Å². The summed E-state index contributed by atoms with van der Waals surface area (Å²) in [6, 6.07) is 4.12. The van der Waals surface area contributed by atoms with E-state index < -0.39 is 170 Å². The lowest BCUT2D eigenvalue weighted by Gasteiger charge is -2.32. The highest BCUT2D eigenvalue weighted by molar-refractivity contribution is 7.98. The summed E-state index contributed by atoms with van der Waals surface area (Å²) in [7, 11) is 0. The monoisotopic (exact) mass is 1350 g/mol. The van der Waals surface area contributed by atoms with Gasteiger partial charge >= 0.3 is 5.97 Å². The lowest BCUT2D eigenvalue weighted by atomic mass is 10.0. The normalized spacial score (nSPS) is 16.8. The average Bonchev–Trinajstić information content (AvgIpc) is 1.74. The van der Waals surface area contributed by atoms with Crippen molar-refractivity contribution in [3.63, 3.8) is 0 Å². The second-order valence-corrected chi connectivity index (χ2v) is 25.0. The second kappa shape index (κ2) is 41.0. The molecule has 31 nitrogen and oxygen atoms in total. The first-order valence-corrected chi connectivity index (χ1v) is 33.5. The average molecular weight is 1350 g/mol. The topological polar surface area (TPSA) is 513 Å². The molecule has 21 N–H and O–H groups in total. The molecule has 0 saturated carbocycles. The third kappa shape index (κ3) is 27.5. The number of carbonyl (C=O) groups is 13. The first-order chi connectivity index (χ1) is 45.2. The predicted octanol–water partition coefficient (Wildman–Crippen LogP) is -3.11. The van der Waals surface area contributed by atoms with Gasteiger partial charge in [0, 0.05) is 45.3 Å². The Kier molecular flexibility index (Phi) is 33.9. The second-order valence-electron chi connectivity index (χ2n) is 24.1. The summed E-state index contributed by atoms with van der Waals surface area (Å²) in [5.74, 6) is -10.6. The Balaban J connectivity index is 1.56. The van der Waals surface area contributed by atoms with Gasteiger partial charge in [0.25, 0.3) is 0 Å². The van der Waals surface area contributed by atoms with E-state index in [-0.39, 0.29) is 83.0 Å². The highest BCUT2D eigenvalue weighted by Crippen LogP contribution is 2.24. The number of rotatable bonds is 42. The smallest absolute Gasteiger partial charge is 0.326 e. The summed E-state index contributed by atoms with van der Waals surface area (Å²) in [6.07, 6.45) is 2.86. The molecular weight excluding hydrogens is 1250 g/mol. The molecule has 12 amide bonds. The number of benzene rings is 2. The van der Waals surface area contributed by atoms with E-state index in [2.05, 4.69) is 47.5 Å². The zero-order valence-electron chi connectivity index (χ0n) is 54.4. The number of carboxylic acids is 1. The summed E-state index contributed by atoms with van der Waals surface area (Å²) in [5, 5.41) is 30.6. The number of hydrogen-bond acceptors (Lipinski definition) is 17. The summed E-state index contributed by atoms with van der Waals surface area (Å²) in [4.78, 5) is 184. The van der Waals surface area contributed by atoms with Crippen molar-refractivity contribution in [2.75, 3.05) is 44.7 Å². The van der Waals surface area contributed by atoms with Crippen molar-refractivity contribution in [2.45, 2.75) is 183 Å². The van der Waals surface area contributed by atoms with Crippen LogP contribution in [0.15, 0.2) is 65.7 Å². The van der Waals surface area contributed by atoms with Gasteiger partial charge in [0.15, 0.2) is 5.96 Å². The Labute approximate surface area is 557 Å². The SMILES string of the molecule is CSCC[C@H](NC(=O)[C@H](CC(C)C)NC(=O)CNC(=O)[C@@H](Cc1ccccc1)NC(=O)[C@@H](Cc1ccccc1)NC(=O)[C@H](CCC(N)=O)NC(=O)[C@H](CCC(N)=O)NC(=O)[C@H]1CCCN1C(=O)[C@@H](CCCCN)NC(=O)[C@@H]1CCCN1C(=O)[C@@H](N)CCCN=C(N)N)C(=O)O. The van der Waals surface area contributed by atoms with E-state index in [1.165, 1.54) is 21.6 Å². The molecule has 2 aliphatic rings. The summed E-state index contributed by atoms with van der Waals surface area (Å²) in [6.45, 7) is 3.78. The van der Waals surface area contributed by atoms with E-state index in [4.69, 9.17) is 34.4 Å². The van der Waals surface area contributed by atoms with Crippen LogP contribution in [0.5, 0.6) is 0 Å². The van der Waals surface area contributed by atoms with Gasteiger partial charge in [-0.2, -0.15) is 11.8 Å². The largest absolute Gasteiger partial charge is 0.480 e. The van der Waals surface area contributed by atoms with Gasteiger partial charge in [-0.3, -0.25) is 62.5 Å². The van der Waals surface area contributed by atoms with Gasteiger partial charge in [-0.25, -0.2) is 4.79 Å². The Morgan fingerprint density at radius 2 is 1.03 bits per heavy atom. The molecule has 4 rings (SSSR count). The van der Waals surface area contributed by atoms with Crippen LogP contribution in [-0.2, 0) is 75.2 Å². The standard InChI is InChI=1S/C63H97N17O14S/c1-37(2)33-45(56(87)76-44(62(93)94)27-32-95-3)72-52(83)36-71-53(84)46(34-38-15-6-4-7-16-38)77-57(88)47(35-39-17-8-5-9-18-39)78-55(86)41(23-25-50(66)81)73-54(85)42(24-26-51(67)82)74-58(89)49-22-14-31-80(49)61(92)43(20-10-11-28-64)75-59(90)48-21-13-30-79(48)60(91)40(65)19-12-29-70-63(68)69/h4-9,15-18,37,40-49H,10-14,19-36,64-65H2,1-3H3,(H2,66,81)(H2,67,82)(H,71,84)(H,72,83)(H,73,85)(H,74,89)(H,75,90)(H,76,87)(H,77,88)(H,78,86)(H,93,94)(H4,68,69,70)/t40-,41-,42-,43+,44-,45-,46+,47+,48-,49+/m0/s1. The number of hydrogen-bond donors (Lipinski definition) is 15. The van der Waals surface area contributed by atoms with E-state index in [9.17, 15) is 67.4 Å². The van der Waals surface area contributed by atoms with E-state index in [0.29, 0.717) is 55.4 Å². The molecule has 0 spiro atoms. The maximum atomic E-state index is 14.7. The molecular formula is C63H97N17O14S. The fourth-order valence-corrected chi connectivity index (χ4v) is 11.5. The van der Waals surface area contributed by atoms with Gasteiger partial charge in [-0.05, 0) is 119 Å². The third-order valence-electron chi connectivity index (χ3n) is 16.0. The maximum absolute atomic E-state index is 14.7. The minimum absolute atomic E-state index is 0.0706. The number of amides is 12. The van der Waals surface area contributed by atoms with Crippen LogP contribution in [0.4, 0.5) is 0 Å². The Hall–Kier alpha value is -8.91. The zero-order valence-corrected chi connectivity index (χ0v) is 55.2. The zero-order chi connectivity index (χ0) is 70.1. The fourth-order valence-electron chi connectivity index (χ4n) is 11.0. The number of nitrogens with one attached hydrogen (secondary N) is 8. The van der Waals surface area contributed by atoms with Crippen LogP contribution in [0.25, 0.3) is 0 Å². The molecule has 2 aromatic carbocycles. The number of likely N-dealkylation sites (tertiary alicyclic amines) is 2. The first kappa shape index (κ1) is 78.5. The number of nitrogens with zero attached hydrogens (tertiary/aromatic N) is 3. The molecule has 0 aliphatic carbocycles. The van der Waals surface area contributed by atoms with Gasteiger partial charge in [0.1, 0.15) is 54.4 Å². The van der Waals surface area contributed by atoms with Crippen molar-refractivity contribution >= 4 is 94.6 Å². The molecule has 0 unspecified atom stereocenters. The number of guanidine groups is 1. The third-order valence-corrected chi connectivity index (χ3v) is 16.6. The lowest BCUT2D eigenvalue weighted by Crippen LogP contribution is -2.60. The highest BCUT2D eigenvalue weighted by Gasteiger charge is 2.42. The van der Waals surface area contributed by atoms with Crippen LogP contribution < -0.4 is 76.9 Å². The van der Waals surface area contributed by atoms with Crippen LogP contribution >= 0.6 is 11.8 Å². The number of aliphatic imine (C=N–C) groups is 1. The van der Waals surface area contributed by atoms with Crippen molar-refractivity contribution in [1.82, 2.24) is 52.3 Å². The molecule has 2 aliphatic heterocycles. The highest BCUT2D eigenvalue weighted by atomic mass is 32.2. The van der Waals surface area contributed by atoms with Crippen molar-refractivity contribution in [3.8, 4) is 0 Å². The van der Waals surface area contributed by atoms with E-state index in [1.807, 2.05) is 0 Å². The van der Waals surface area contributed by atoms with Crippen LogP contribution in [0.2, 0.25) is 0 Å². The first-order valence-electron chi connectivity index (χ1n) is 32.1. The number of thioether (sulfide) groups is 1.